The third-order valence-corrected chi connectivity index (χ3v) is 33.3. The fraction of sp³-hybridized carbons (Fsp3) is 0.603. The molecule has 3 fully saturated rings. The minimum absolute atomic E-state index is 0.0329. The third-order valence-electron chi connectivity index (χ3n) is 26.3. The fourth-order valence-corrected chi connectivity index (χ4v) is 23.4. The van der Waals surface area contributed by atoms with E-state index in [4.69, 9.17) is 4.74 Å². The summed E-state index contributed by atoms with van der Waals surface area (Å²) < 4.78 is 117. The van der Waals surface area contributed by atoms with Gasteiger partial charge in [0.25, 0.3) is 11.8 Å². The first kappa shape index (κ1) is 128. The van der Waals surface area contributed by atoms with Crippen LogP contribution < -0.4 is 29.5 Å². The zero-order valence-corrected chi connectivity index (χ0v) is 101. The number of aliphatic hydroxyl groups is 2. The van der Waals surface area contributed by atoms with Crippen LogP contribution >= 0.6 is 0 Å². The second-order valence-electron chi connectivity index (χ2n) is 51.3. The molecule has 2 aliphatic carbocycles. The van der Waals surface area contributed by atoms with E-state index in [1.807, 2.05) is 161 Å². The molecule has 0 atom stereocenters. The van der Waals surface area contributed by atoms with Crippen LogP contribution in [-0.2, 0) is 84.2 Å². The van der Waals surface area contributed by atoms with Crippen molar-refractivity contribution in [3.05, 3.63) is 235 Å². The lowest BCUT2D eigenvalue weighted by molar-refractivity contribution is -0.0551. The van der Waals surface area contributed by atoms with Crippen molar-refractivity contribution in [2.75, 3.05) is 19.8 Å². The van der Waals surface area contributed by atoms with Gasteiger partial charge in [-0.15, -0.1) is 0 Å². The van der Waals surface area contributed by atoms with Crippen LogP contribution in [0.4, 0.5) is 0 Å². The number of carbonyl (C=O) groups is 2. The predicted molar refractivity (Wildman–Crippen MR) is 608 cm³/mol. The van der Waals surface area contributed by atoms with Crippen molar-refractivity contribution in [1.29, 1.82) is 0 Å². The van der Waals surface area contributed by atoms with Gasteiger partial charge >= 0.3 is 0 Å². The molecule has 0 bridgehead atoms. The topological polar surface area (TPSA) is 296 Å². The van der Waals surface area contributed by atoms with Crippen LogP contribution in [0.15, 0.2) is 165 Å². The zero-order chi connectivity index (χ0) is 111. The number of amides is 2. The molecule has 0 unspecified atom stereocenters. The molecule has 0 spiro atoms. The minimum Gasteiger partial charge on any atom is -0.386 e. The first-order chi connectivity index (χ1) is 65.6. The van der Waals surface area contributed by atoms with Gasteiger partial charge in [0.05, 0.1) is 44.0 Å². The third kappa shape index (κ3) is 39.0. The number of sulfonamides is 4. The van der Waals surface area contributed by atoms with Gasteiger partial charge in [0, 0.05) is 69.6 Å². The number of hydrogen-bond donors (Lipinski definition) is 8. The van der Waals surface area contributed by atoms with E-state index in [1.165, 1.54) is 75.4 Å². The second kappa shape index (κ2) is 49.7. The molecule has 0 aromatic heterocycles. The summed E-state index contributed by atoms with van der Waals surface area (Å²) in [4.78, 5) is 28.3. The number of ether oxygens (including phenoxy) is 1. The monoisotopic (exact) mass is 2080 g/mol. The van der Waals surface area contributed by atoms with Crippen molar-refractivity contribution in [2.45, 2.75) is 477 Å². The average Bonchev–Trinajstić information content (AvgIpc) is 1.24. The fourth-order valence-electron chi connectivity index (χ4n) is 16.6. The molecule has 1 heterocycles. The van der Waals surface area contributed by atoms with E-state index in [0.717, 1.165) is 71.7 Å². The Morgan fingerprint density at radius 1 is 0.386 bits per heavy atom. The first-order valence-electron chi connectivity index (χ1n) is 52.6. The number of nitrogens with one attached hydrogen (secondary N) is 6. The Bertz CT molecular complexity index is 6050. The van der Waals surface area contributed by atoms with Gasteiger partial charge in [-0.1, -0.05) is 250 Å². The molecule has 8 aromatic rings. The largest absolute Gasteiger partial charge is 0.386 e. The van der Waals surface area contributed by atoms with Crippen molar-refractivity contribution in [3.8, 4) is 0 Å². The van der Waals surface area contributed by atoms with Gasteiger partial charge in [0.1, 0.15) is 0 Å². The number of rotatable bonds is 27. The Morgan fingerprint density at radius 2 is 0.759 bits per heavy atom. The summed E-state index contributed by atoms with van der Waals surface area (Å²) >= 11 is 0. The number of nitrogens with zero attached hydrogens (tertiary/aromatic N) is 1. The van der Waals surface area contributed by atoms with E-state index in [2.05, 4.69) is 213 Å². The molecule has 24 heteroatoms. The average molecular weight is 2080 g/mol. The maximum Gasteiger partial charge on any atom is 0.251 e. The molecule has 145 heavy (non-hydrogen) atoms. The van der Waals surface area contributed by atoms with Gasteiger partial charge in [-0.3, -0.25) is 14.5 Å². The molecule has 8 N–H and O–H groups in total. The van der Waals surface area contributed by atoms with Crippen LogP contribution in [-0.4, -0.2) is 120 Å². The highest BCUT2D eigenvalue weighted by Crippen LogP contribution is 2.50. The summed E-state index contributed by atoms with van der Waals surface area (Å²) in [5.74, 6) is 2.75. The Morgan fingerprint density at radius 3 is 1.10 bits per heavy atom. The molecule has 8 aromatic carbocycles. The van der Waals surface area contributed by atoms with Gasteiger partial charge in [0.2, 0.25) is 40.1 Å². The highest BCUT2D eigenvalue weighted by molar-refractivity contribution is 7.90. The lowest BCUT2D eigenvalue weighted by atomic mass is 9.85. The lowest BCUT2D eigenvalue weighted by Crippen LogP contribution is -2.52. The SMILES string of the molecule is CC(C)NC(=O)c1cc(C(C)C)cc(C2(C)CC2)c1.CC(C)NS(=O)(=O)c1ccc(C(C)C)c(C(C)(C)O)c1.CC(C)c1cc(C(=O)NC(C)(C)C)cc(C2(C)CC2)c1.CC(C)c1ccc(CN2CCOCC2(C)C)c2ccccc12.CC(C)c1ccc(S(=O)(=O)NC(C)(C)C)c(C(C)(C)C)c1.CC(C)c1ccc(S(=O)(=O)NC(C)(C)C)c(C(C)(C)O)c1.CCC(C)(C)NS(=O)(=O)c1ccc(C(C)C)cc1C(C)(C)C. The summed E-state index contributed by atoms with van der Waals surface area (Å²) in [6.45, 7) is 91.7. The molecule has 1 aliphatic heterocycles. The number of morpholine rings is 1. The van der Waals surface area contributed by atoms with Crippen LogP contribution in [0.3, 0.4) is 0 Å². The first-order valence-corrected chi connectivity index (χ1v) is 58.5. The van der Waals surface area contributed by atoms with E-state index in [1.54, 1.807) is 111 Å². The molecule has 812 valence electrons. The van der Waals surface area contributed by atoms with Crippen LogP contribution in [0.25, 0.3) is 10.8 Å². The van der Waals surface area contributed by atoms with Gasteiger partial charge < -0.3 is 25.6 Å². The van der Waals surface area contributed by atoms with Gasteiger partial charge in [-0.2, -0.15) is 0 Å². The highest BCUT2D eigenvalue weighted by atomic mass is 32.2. The zero-order valence-electron chi connectivity index (χ0n) is 97.4. The Labute approximate surface area is 880 Å². The molecule has 0 radical (unpaired) electrons. The van der Waals surface area contributed by atoms with E-state index < -0.39 is 67.9 Å². The maximum absolute atomic E-state index is 12.8. The summed E-state index contributed by atoms with van der Waals surface area (Å²) in [5, 5.41) is 29.5. The summed E-state index contributed by atoms with van der Waals surface area (Å²) in [5.41, 5.74) is 13.0. The Hall–Kier alpha value is -7.56. The van der Waals surface area contributed by atoms with Crippen molar-refractivity contribution < 1.29 is 58.2 Å². The van der Waals surface area contributed by atoms with Crippen LogP contribution in [0.2, 0.25) is 0 Å². The van der Waals surface area contributed by atoms with Crippen LogP contribution in [0.1, 0.15) is 477 Å². The van der Waals surface area contributed by atoms with Gasteiger partial charge in [-0.25, -0.2) is 52.6 Å². The van der Waals surface area contributed by atoms with E-state index in [0.29, 0.717) is 61.3 Å². The molecule has 1 saturated heterocycles. The van der Waals surface area contributed by atoms with Gasteiger partial charge in [0.15, 0.2) is 0 Å². The second-order valence-corrected chi connectivity index (χ2v) is 58.0. The smallest absolute Gasteiger partial charge is 0.251 e. The normalized spacial score (nSPS) is 15.3. The van der Waals surface area contributed by atoms with Crippen LogP contribution in [0, 0.1) is 0 Å². The molecular formula is C121H191N7O13S4. The van der Waals surface area contributed by atoms with Crippen LogP contribution in [0.5, 0.6) is 0 Å². The molecule has 2 saturated carbocycles. The molecular weight excluding hydrogens is 1890 g/mol. The number of carbonyl (C=O) groups excluding carboxylic acids is 2. The van der Waals surface area contributed by atoms with Gasteiger partial charge in [-0.05, 0) is 378 Å². The molecule has 20 nitrogen and oxygen atoms in total. The van der Waals surface area contributed by atoms with E-state index in [9.17, 15) is 53.5 Å². The number of benzene rings is 8. The minimum atomic E-state index is -3.68. The molecule has 2 amide bonds. The maximum atomic E-state index is 12.8. The lowest BCUT2D eigenvalue weighted by Gasteiger charge is -2.42. The van der Waals surface area contributed by atoms with E-state index >= 15 is 0 Å². The predicted octanol–water partition coefficient (Wildman–Crippen LogP) is 27.6. The highest BCUT2D eigenvalue weighted by Gasteiger charge is 2.42. The Kier molecular flexibility index (Phi) is 43.8. The Balaban J connectivity index is 0.000000298. The summed E-state index contributed by atoms with van der Waals surface area (Å²) in [7, 11) is -14.3. The van der Waals surface area contributed by atoms with Crippen molar-refractivity contribution >= 4 is 62.7 Å². The number of fused-ring (bicyclic) bond motifs is 1. The van der Waals surface area contributed by atoms with E-state index in [-0.39, 0.29) is 67.4 Å². The van der Waals surface area contributed by atoms with Crippen molar-refractivity contribution in [2.24, 2.45) is 0 Å². The van der Waals surface area contributed by atoms with Crippen molar-refractivity contribution in [3.63, 3.8) is 0 Å². The standard InChI is InChI=1S/C20H27NO.C18H31NO2S.C18H27NO.C17H29NO2S.C17H25NO.C16H27NO3S.C15H25NO3S/c1-15(2)17-10-9-16(18-7-5-6-8-19(17)18)13-21-11-12-22-14-20(21,3)4;1-9-18(7,8)19-22(20,21)16-11-10-14(13(2)3)12-15(16)17(4,5)6;1-12(2)13-9-14(16(20)19-17(3,4)5)11-15(10-13)18(6)7-8-18;1-12(2)13-9-10-15(14(11-13)16(3,4)5)21(19,20)18-17(6,7)8;1-11(2)13-8-14(16(19)18-12(3)4)10-15(9-13)17(5)6-7-17;1-11(2)12-8-9-14(13(10-12)16(6,7)18)21(19,20)17-15(3,4)5;1-10(2)13-8-7-12(9-14(13)15(5,6)17)20(18,19)16-11(3)4/h5-10,15H,11-14H2,1-4H3;10-13,19H,9H2,1-8H3;9-12H,7-8H2,1-6H3,(H,19,20);9-12,18H,1-8H3;8-12H,6-7H2,1-5H3,(H,18,19);8-11,17-18H,1-7H3;7-11,16-17H,1-6H3. The molecule has 3 aliphatic rings. The molecule has 11 rings (SSSR count). The summed E-state index contributed by atoms with van der Waals surface area (Å²) in [6, 6.07) is 47.8. The number of hydrogen-bond acceptors (Lipinski definition) is 14. The quantitative estimate of drug-likeness (QED) is 0.0238. The van der Waals surface area contributed by atoms with Crippen molar-refractivity contribution in [1.82, 2.24) is 34.4 Å². The summed E-state index contributed by atoms with van der Waals surface area (Å²) in [6.07, 6.45) is 5.67.